The van der Waals surface area contributed by atoms with E-state index in [-0.39, 0.29) is 40.4 Å². The summed E-state index contributed by atoms with van der Waals surface area (Å²) in [6.07, 6.45) is 1.79. The molecule has 0 fully saturated rings. The van der Waals surface area contributed by atoms with Crippen LogP contribution in [0.4, 0.5) is 5.69 Å². The van der Waals surface area contributed by atoms with Crippen molar-refractivity contribution in [3.63, 3.8) is 0 Å². The molecule has 1 aliphatic carbocycles. The number of anilines is 1. The van der Waals surface area contributed by atoms with Crippen LogP contribution in [0.2, 0.25) is 0 Å². The number of phenols is 1. The van der Waals surface area contributed by atoms with Crippen LogP contribution in [0.25, 0.3) is 11.3 Å². The molecular formula is C26H23N3O6. The summed E-state index contributed by atoms with van der Waals surface area (Å²) >= 11 is 0. The first kappa shape index (κ1) is 23.5. The number of phenolic OH excluding ortho intramolecular Hbond substituents is 1. The molecule has 2 aromatic carbocycles. The zero-order valence-corrected chi connectivity index (χ0v) is 19.3. The van der Waals surface area contributed by atoms with Gasteiger partial charge >= 0.3 is 0 Å². The summed E-state index contributed by atoms with van der Waals surface area (Å²) in [5.41, 5.74) is 3.26. The molecule has 0 spiro atoms. The van der Waals surface area contributed by atoms with Gasteiger partial charge in [0.15, 0.2) is 0 Å². The van der Waals surface area contributed by atoms with Crippen molar-refractivity contribution in [1.82, 2.24) is 10.2 Å². The molecule has 0 saturated carbocycles. The highest BCUT2D eigenvalue weighted by Gasteiger charge is 2.34. The number of carbonyl (C=O) groups is 3. The Hall–Kier alpha value is -4.66. The van der Waals surface area contributed by atoms with Crippen molar-refractivity contribution >= 4 is 23.2 Å². The first-order chi connectivity index (χ1) is 16.8. The summed E-state index contributed by atoms with van der Waals surface area (Å²) in [6, 6.07) is 13.4. The van der Waals surface area contributed by atoms with E-state index < -0.39 is 17.5 Å². The van der Waals surface area contributed by atoms with E-state index in [1.54, 1.807) is 31.3 Å². The second kappa shape index (κ2) is 9.68. The van der Waals surface area contributed by atoms with Gasteiger partial charge in [0.2, 0.25) is 23.1 Å². The average molecular weight is 473 g/mol. The van der Waals surface area contributed by atoms with Crippen molar-refractivity contribution in [2.45, 2.75) is 13.3 Å². The summed E-state index contributed by atoms with van der Waals surface area (Å²) in [5.74, 6) is -1.93. The molecule has 9 nitrogen and oxygen atoms in total. The molecule has 0 unspecified atom stereocenters. The molecule has 1 aromatic heterocycles. The Bertz CT molecular complexity index is 1370. The third-order valence-corrected chi connectivity index (χ3v) is 5.72. The molecule has 0 radical (unpaired) electrons. The van der Waals surface area contributed by atoms with E-state index in [4.69, 9.17) is 9.47 Å². The second-order valence-electron chi connectivity index (χ2n) is 7.85. The number of allylic oxidation sites excluding steroid dienone is 2. The molecule has 1 amide bonds. The number of ether oxygens (including phenoxy) is 2. The Morgan fingerprint density at radius 2 is 1.69 bits per heavy atom. The number of nitrogens with zero attached hydrogens (tertiary/aromatic N) is 1. The molecule has 9 heteroatoms. The Balaban J connectivity index is 1.55. The topological polar surface area (TPSA) is 131 Å². The maximum atomic E-state index is 12.9. The second-order valence-corrected chi connectivity index (χ2v) is 7.85. The summed E-state index contributed by atoms with van der Waals surface area (Å²) in [6.45, 7) is 1.54. The highest BCUT2D eigenvalue weighted by Crippen LogP contribution is 2.29. The van der Waals surface area contributed by atoms with Gasteiger partial charge in [0.25, 0.3) is 5.91 Å². The zero-order valence-electron chi connectivity index (χ0n) is 19.3. The highest BCUT2D eigenvalue weighted by molar-refractivity contribution is 6.23. The van der Waals surface area contributed by atoms with Crippen molar-refractivity contribution in [3.05, 3.63) is 88.5 Å². The van der Waals surface area contributed by atoms with Crippen LogP contribution in [0.1, 0.15) is 22.8 Å². The van der Waals surface area contributed by atoms with E-state index in [2.05, 4.69) is 15.5 Å². The zero-order chi connectivity index (χ0) is 25.1. The Labute approximate surface area is 201 Å². The first-order valence-electron chi connectivity index (χ1n) is 10.7. The molecule has 178 valence electrons. The van der Waals surface area contributed by atoms with Crippen LogP contribution < -0.4 is 5.32 Å². The largest absolute Gasteiger partial charge is 0.507 e. The predicted molar refractivity (Wildman–Crippen MR) is 128 cm³/mol. The van der Waals surface area contributed by atoms with Crippen LogP contribution in [0.5, 0.6) is 5.75 Å². The number of benzene rings is 2. The van der Waals surface area contributed by atoms with Crippen LogP contribution in [-0.4, -0.2) is 47.0 Å². The third kappa shape index (κ3) is 4.56. The number of H-pyrrole nitrogens is 1. The number of rotatable bonds is 7. The molecule has 1 aliphatic rings. The van der Waals surface area contributed by atoms with Crippen LogP contribution in [0.3, 0.4) is 0 Å². The van der Waals surface area contributed by atoms with Gasteiger partial charge < -0.3 is 19.9 Å². The van der Waals surface area contributed by atoms with Crippen molar-refractivity contribution in [2.24, 2.45) is 0 Å². The number of hydrogen-bond acceptors (Lipinski definition) is 7. The summed E-state index contributed by atoms with van der Waals surface area (Å²) in [5, 5.41) is 19.9. The van der Waals surface area contributed by atoms with Gasteiger partial charge in [-0.25, -0.2) is 0 Å². The van der Waals surface area contributed by atoms with Gasteiger partial charge in [-0.05, 0) is 42.8 Å². The normalized spacial score (nSPS) is 13.8. The lowest BCUT2D eigenvalue weighted by Crippen LogP contribution is -2.26. The number of nitrogens with one attached hydrogen (secondary N) is 2. The number of hydrogen-bond donors (Lipinski definition) is 3. The molecule has 35 heavy (non-hydrogen) atoms. The predicted octanol–water partition coefficient (Wildman–Crippen LogP) is 3.55. The maximum Gasteiger partial charge on any atom is 0.259 e. The molecule has 1 heterocycles. The first-order valence-corrected chi connectivity index (χ1v) is 10.7. The number of Topliss-reactive ketones (excluding diaryl/α,β-unsaturated/α-hetero) is 2. The molecule has 3 N–H and O–H groups in total. The number of aromatic nitrogens is 2. The van der Waals surface area contributed by atoms with E-state index in [9.17, 15) is 19.5 Å². The molecule has 0 saturated heterocycles. The van der Waals surface area contributed by atoms with Crippen molar-refractivity contribution < 1.29 is 29.0 Å². The van der Waals surface area contributed by atoms with Crippen LogP contribution in [0.15, 0.2) is 77.4 Å². The fraction of sp³-hybridized carbons (Fsp3) is 0.154. The fourth-order valence-corrected chi connectivity index (χ4v) is 3.83. The van der Waals surface area contributed by atoms with E-state index in [0.29, 0.717) is 11.3 Å². The lowest BCUT2D eigenvalue weighted by atomic mass is 9.88. The van der Waals surface area contributed by atoms with E-state index in [0.717, 1.165) is 11.3 Å². The lowest BCUT2D eigenvalue weighted by Gasteiger charge is -2.20. The Morgan fingerprint density at radius 1 is 1.00 bits per heavy atom. The molecule has 0 atom stereocenters. The molecular weight excluding hydrogens is 450 g/mol. The molecule has 4 rings (SSSR count). The number of methoxy groups -OCH3 is 2. The minimum Gasteiger partial charge on any atom is -0.507 e. The SMILES string of the molecule is COC1=C(OC)C(=O)C(Cc2ccc(O)c(C(=O)Nc3ccc(-c4cc[nH]n4)cc3)c2)=C(C)C1=O. The third-order valence-electron chi connectivity index (χ3n) is 5.72. The van der Waals surface area contributed by atoms with Gasteiger partial charge in [-0.1, -0.05) is 18.2 Å². The molecule has 0 aliphatic heterocycles. The number of ketones is 2. The standard InChI is InChI=1S/C26H23N3O6/c1-14-18(23(32)25(35-3)24(34-2)22(14)31)12-15-4-9-21(30)19(13-15)26(33)28-17-7-5-16(6-8-17)20-10-11-27-29-20/h4-11,13,30H,12H2,1-3H3,(H,27,29)(H,28,33). The number of amides is 1. The average Bonchev–Trinajstić information content (AvgIpc) is 3.40. The fourth-order valence-electron chi connectivity index (χ4n) is 3.83. The Kier molecular flexibility index (Phi) is 6.50. The molecule has 3 aromatic rings. The quantitative estimate of drug-likeness (QED) is 0.447. The Morgan fingerprint density at radius 3 is 2.31 bits per heavy atom. The number of aromatic hydroxyl groups is 1. The molecule has 0 bridgehead atoms. The van der Waals surface area contributed by atoms with Crippen molar-refractivity contribution in [2.75, 3.05) is 19.5 Å². The van der Waals surface area contributed by atoms with Gasteiger partial charge in [-0.15, -0.1) is 0 Å². The summed E-state index contributed by atoms with van der Waals surface area (Å²) in [4.78, 5) is 38.4. The van der Waals surface area contributed by atoms with Crippen molar-refractivity contribution in [1.29, 1.82) is 0 Å². The summed E-state index contributed by atoms with van der Waals surface area (Å²) in [7, 11) is 2.59. The van der Waals surface area contributed by atoms with Gasteiger partial charge in [-0.2, -0.15) is 5.10 Å². The smallest absolute Gasteiger partial charge is 0.259 e. The monoisotopic (exact) mass is 473 g/mol. The van der Waals surface area contributed by atoms with E-state index in [1.807, 2.05) is 18.2 Å². The van der Waals surface area contributed by atoms with E-state index >= 15 is 0 Å². The summed E-state index contributed by atoms with van der Waals surface area (Å²) < 4.78 is 10.2. The van der Waals surface area contributed by atoms with E-state index in [1.165, 1.54) is 26.4 Å². The van der Waals surface area contributed by atoms with Gasteiger partial charge in [-0.3, -0.25) is 19.5 Å². The van der Waals surface area contributed by atoms with Crippen LogP contribution in [-0.2, 0) is 25.5 Å². The van der Waals surface area contributed by atoms with Gasteiger partial charge in [0.05, 0.1) is 25.5 Å². The number of carbonyl (C=O) groups excluding carboxylic acids is 3. The van der Waals surface area contributed by atoms with Crippen LogP contribution in [0, 0.1) is 0 Å². The van der Waals surface area contributed by atoms with Gasteiger partial charge in [0.1, 0.15) is 5.75 Å². The maximum absolute atomic E-state index is 12.9. The van der Waals surface area contributed by atoms with Crippen LogP contribution >= 0.6 is 0 Å². The van der Waals surface area contributed by atoms with Gasteiger partial charge in [0, 0.05) is 35.0 Å². The lowest BCUT2D eigenvalue weighted by molar-refractivity contribution is -0.121. The minimum absolute atomic E-state index is 0.0341. The van der Waals surface area contributed by atoms with Crippen molar-refractivity contribution in [3.8, 4) is 17.0 Å². The number of aromatic amines is 1. The highest BCUT2D eigenvalue weighted by atomic mass is 16.5. The minimum atomic E-state index is -0.521.